The van der Waals surface area contributed by atoms with Crippen LogP contribution in [0.15, 0.2) is 30.3 Å². The van der Waals surface area contributed by atoms with Crippen molar-refractivity contribution in [3.05, 3.63) is 35.9 Å². The maximum absolute atomic E-state index is 12.0. The smallest absolute Gasteiger partial charge is 0.324 e. The zero-order chi connectivity index (χ0) is 14.2. The van der Waals surface area contributed by atoms with Crippen LogP contribution in [0.5, 0.6) is 0 Å². The molecule has 102 valence electrons. The Balaban J connectivity index is 2.54. The molecule has 2 aromatic rings. The van der Waals surface area contributed by atoms with Gasteiger partial charge in [-0.05, 0) is 13.0 Å². The van der Waals surface area contributed by atoms with Crippen LogP contribution in [0.25, 0.3) is 11.3 Å². The van der Waals surface area contributed by atoms with Crippen LogP contribution >= 0.6 is 0 Å². The summed E-state index contributed by atoms with van der Waals surface area (Å²) >= 11 is 0. The van der Waals surface area contributed by atoms with Crippen LogP contribution < -0.4 is 5.73 Å². The lowest BCUT2D eigenvalue weighted by molar-refractivity contribution is 0.505. The largest absolute Gasteiger partial charge is 0.383 e. The van der Waals surface area contributed by atoms with Gasteiger partial charge in [0.05, 0.1) is 5.69 Å². The molecule has 6 nitrogen and oxygen atoms in total. The van der Waals surface area contributed by atoms with E-state index in [1.807, 2.05) is 31.2 Å². The van der Waals surface area contributed by atoms with Gasteiger partial charge >= 0.3 is 10.2 Å². The van der Waals surface area contributed by atoms with Gasteiger partial charge in [0.15, 0.2) is 0 Å². The first-order valence-corrected chi connectivity index (χ1v) is 7.07. The molecule has 0 fully saturated rings. The normalized spacial score (nSPS) is 12.0. The summed E-state index contributed by atoms with van der Waals surface area (Å²) in [7, 11) is -0.824. The first-order valence-electron chi connectivity index (χ1n) is 5.68. The molecule has 0 aliphatic rings. The summed E-state index contributed by atoms with van der Waals surface area (Å²) in [4.78, 5) is 0. The summed E-state index contributed by atoms with van der Waals surface area (Å²) in [5.74, 6) is 0.0882. The van der Waals surface area contributed by atoms with E-state index < -0.39 is 10.2 Å². The fourth-order valence-electron chi connectivity index (χ4n) is 1.66. The van der Waals surface area contributed by atoms with Crippen molar-refractivity contribution in [2.24, 2.45) is 0 Å². The minimum atomic E-state index is -3.69. The van der Waals surface area contributed by atoms with Gasteiger partial charge in [0, 0.05) is 25.7 Å². The fourth-order valence-corrected chi connectivity index (χ4v) is 2.48. The van der Waals surface area contributed by atoms with Gasteiger partial charge < -0.3 is 5.73 Å². The number of nitrogen functional groups attached to an aromatic ring is 1. The van der Waals surface area contributed by atoms with Crippen LogP contribution in [0.3, 0.4) is 0 Å². The van der Waals surface area contributed by atoms with Crippen molar-refractivity contribution >= 4 is 16.0 Å². The monoisotopic (exact) mass is 280 g/mol. The Morgan fingerprint density at radius 3 is 2.53 bits per heavy atom. The van der Waals surface area contributed by atoms with E-state index in [1.165, 1.54) is 14.1 Å². The lowest BCUT2D eigenvalue weighted by Gasteiger charge is -2.11. The van der Waals surface area contributed by atoms with Crippen LogP contribution in [0.1, 0.15) is 5.56 Å². The third kappa shape index (κ3) is 2.47. The van der Waals surface area contributed by atoms with Gasteiger partial charge in [-0.3, -0.25) is 0 Å². The van der Waals surface area contributed by atoms with Gasteiger partial charge in [-0.1, -0.05) is 23.8 Å². The van der Waals surface area contributed by atoms with E-state index in [1.54, 1.807) is 6.07 Å². The summed E-state index contributed by atoms with van der Waals surface area (Å²) < 4.78 is 25.9. The number of anilines is 1. The second-order valence-corrected chi connectivity index (χ2v) is 6.43. The predicted octanol–water partition coefficient (Wildman–Crippen LogP) is 1.10. The molecular formula is C12H16N4O2S. The molecule has 0 atom stereocenters. The molecule has 2 rings (SSSR count). The Kier molecular flexibility index (Phi) is 3.34. The predicted molar refractivity (Wildman–Crippen MR) is 74.8 cm³/mol. The van der Waals surface area contributed by atoms with Crippen LogP contribution in [0.2, 0.25) is 0 Å². The summed E-state index contributed by atoms with van der Waals surface area (Å²) in [5, 5.41) is 4.08. The van der Waals surface area contributed by atoms with Gasteiger partial charge in [0.2, 0.25) is 0 Å². The molecule has 0 spiro atoms. The Morgan fingerprint density at radius 2 is 1.95 bits per heavy atom. The Morgan fingerprint density at radius 1 is 1.26 bits per heavy atom. The van der Waals surface area contributed by atoms with Crippen molar-refractivity contribution in [2.45, 2.75) is 6.92 Å². The SMILES string of the molecule is Cc1cccc(-c2cc(N)n(S(=O)(=O)N(C)C)n2)c1. The Bertz CT molecular complexity index is 704. The molecule has 0 aliphatic carbocycles. The average Bonchev–Trinajstić information content (AvgIpc) is 2.72. The second-order valence-electron chi connectivity index (χ2n) is 4.46. The van der Waals surface area contributed by atoms with Crippen molar-refractivity contribution in [3.8, 4) is 11.3 Å². The molecule has 0 bridgehead atoms. The van der Waals surface area contributed by atoms with Crippen molar-refractivity contribution in [3.63, 3.8) is 0 Å². The number of nitrogens with two attached hydrogens (primary N) is 1. The highest BCUT2D eigenvalue weighted by molar-refractivity contribution is 7.87. The first-order chi connectivity index (χ1) is 8.82. The molecule has 1 heterocycles. The lowest BCUT2D eigenvalue weighted by atomic mass is 10.1. The van der Waals surface area contributed by atoms with Crippen molar-refractivity contribution < 1.29 is 8.42 Å². The summed E-state index contributed by atoms with van der Waals surface area (Å²) in [6.07, 6.45) is 0. The molecule has 19 heavy (non-hydrogen) atoms. The molecule has 0 saturated heterocycles. The molecule has 1 aromatic carbocycles. The molecule has 7 heteroatoms. The number of benzene rings is 1. The summed E-state index contributed by atoms with van der Waals surface area (Å²) in [6, 6.07) is 9.19. The topological polar surface area (TPSA) is 81.2 Å². The standard InChI is InChI=1S/C12H16N4O2S/c1-9-5-4-6-10(7-9)11-8-12(13)16(14-11)19(17,18)15(2)3/h4-8H,13H2,1-3H3. The Hall–Kier alpha value is -1.86. The van der Waals surface area contributed by atoms with E-state index in [-0.39, 0.29) is 5.82 Å². The minimum absolute atomic E-state index is 0.0882. The zero-order valence-electron chi connectivity index (χ0n) is 11.0. The lowest BCUT2D eigenvalue weighted by Crippen LogP contribution is -2.30. The van der Waals surface area contributed by atoms with E-state index in [0.717, 1.165) is 19.5 Å². The minimum Gasteiger partial charge on any atom is -0.383 e. The van der Waals surface area contributed by atoms with Gasteiger partial charge in [-0.2, -0.15) is 17.8 Å². The molecule has 0 radical (unpaired) electrons. The molecule has 0 unspecified atom stereocenters. The van der Waals surface area contributed by atoms with Gasteiger partial charge in [0.1, 0.15) is 5.82 Å². The maximum atomic E-state index is 12.0. The third-order valence-electron chi connectivity index (χ3n) is 2.70. The van der Waals surface area contributed by atoms with Crippen molar-refractivity contribution in [1.82, 2.24) is 13.5 Å². The Labute approximate surface area is 112 Å². The number of rotatable bonds is 3. The number of aryl methyl sites for hydroxylation is 1. The van der Waals surface area contributed by atoms with Gasteiger partial charge in [-0.25, -0.2) is 0 Å². The van der Waals surface area contributed by atoms with E-state index in [9.17, 15) is 8.42 Å². The fraction of sp³-hybridized carbons (Fsp3) is 0.250. The highest BCUT2D eigenvalue weighted by Gasteiger charge is 2.21. The van der Waals surface area contributed by atoms with E-state index in [4.69, 9.17) is 5.73 Å². The van der Waals surface area contributed by atoms with E-state index in [0.29, 0.717) is 5.69 Å². The number of hydrogen-bond donors (Lipinski definition) is 1. The number of aromatic nitrogens is 2. The number of nitrogens with zero attached hydrogens (tertiary/aromatic N) is 3. The first kappa shape index (κ1) is 13.6. The van der Waals surface area contributed by atoms with Crippen molar-refractivity contribution in [2.75, 3.05) is 19.8 Å². The van der Waals surface area contributed by atoms with Gasteiger partial charge in [-0.15, -0.1) is 4.09 Å². The highest BCUT2D eigenvalue weighted by atomic mass is 32.2. The molecule has 0 amide bonds. The molecule has 0 saturated carbocycles. The quantitative estimate of drug-likeness (QED) is 0.912. The highest BCUT2D eigenvalue weighted by Crippen LogP contribution is 2.22. The van der Waals surface area contributed by atoms with E-state index >= 15 is 0 Å². The molecule has 1 aromatic heterocycles. The molecule has 0 aliphatic heterocycles. The molecule has 2 N–H and O–H groups in total. The summed E-state index contributed by atoms with van der Waals surface area (Å²) in [5.41, 5.74) is 8.17. The third-order valence-corrected chi connectivity index (χ3v) is 4.35. The average molecular weight is 280 g/mol. The van der Waals surface area contributed by atoms with Crippen LogP contribution in [0.4, 0.5) is 5.82 Å². The maximum Gasteiger partial charge on any atom is 0.324 e. The summed E-state index contributed by atoms with van der Waals surface area (Å²) in [6.45, 7) is 1.96. The number of hydrogen-bond acceptors (Lipinski definition) is 4. The van der Waals surface area contributed by atoms with E-state index in [2.05, 4.69) is 5.10 Å². The van der Waals surface area contributed by atoms with Gasteiger partial charge in [0.25, 0.3) is 0 Å². The van der Waals surface area contributed by atoms with Crippen LogP contribution in [-0.2, 0) is 10.2 Å². The second kappa shape index (κ2) is 4.67. The van der Waals surface area contributed by atoms with Crippen molar-refractivity contribution in [1.29, 1.82) is 0 Å². The van der Waals surface area contributed by atoms with Crippen LogP contribution in [0, 0.1) is 6.92 Å². The molecular weight excluding hydrogens is 264 g/mol. The van der Waals surface area contributed by atoms with Crippen LogP contribution in [-0.4, -0.2) is 36.0 Å². The zero-order valence-corrected chi connectivity index (χ0v) is 11.8.